The number of hydrogen-bond acceptors (Lipinski definition) is 2. The van der Waals surface area contributed by atoms with E-state index in [9.17, 15) is 9.90 Å². The quantitative estimate of drug-likeness (QED) is 0.752. The predicted molar refractivity (Wildman–Crippen MR) is 51.6 cm³/mol. The fourth-order valence-electron chi connectivity index (χ4n) is 0.921. The maximum absolute atomic E-state index is 11.0. The van der Waals surface area contributed by atoms with E-state index >= 15 is 0 Å². The topological polar surface area (TPSA) is 37.3 Å². The molecular weight excluding hydrogens is 188 g/mol. The average molecular weight is 197 g/mol. The molecule has 0 saturated heterocycles. The lowest BCUT2D eigenvalue weighted by molar-refractivity contribution is -0.122. The van der Waals surface area contributed by atoms with Crippen molar-refractivity contribution < 1.29 is 9.90 Å². The number of carbonyl (C=O) groups excluding carboxylic acids is 1. The first-order chi connectivity index (χ1) is 6.15. The molecule has 3 heteroatoms. The van der Waals surface area contributed by atoms with E-state index in [2.05, 4.69) is 6.58 Å². The first-order valence-electron chi connectivity index (χ1n) is 3.75. The molecule has 0 spiro atoms. The minimum Gasteiger partial charge on any atom is -0.380 e. The zero-order chi connectivity index (χ0) is 9.84. The summed E-state index contributed by atoms with van der Waals surface area (Å²) in [6, 6.07) is 6.45. The summed E-state index contributed by atoms with van der Waals surface area (Å²) in [4.78, 5) is 11.0. The molecule has 0 amide bonds. The summed E-state index contributed by atoms with van der Waals surface area (Å²) in [5.41, 5.74) is 0.523. The Bertz CT molecular complexity index is 316. The van der Waals surface area contributed by atoms with Crippen LogP contribution in [0.2, 0.25) is 5.02 Å². The van der Waals surface area contributed by atoms with Crippen LogP contribution in [0.25, 0.3) is 0 Å². The molecule has 1 atom stereocenters. The van der Waals surface area contributed by atoms with Crippen LogP contribution in [-0.2, 0) is 4.79 Å². The van der Waals surface area contributed by atoms with Crippen molar-refractivity contribution in [3.63, 3.8) is 0 Å². The maximum atomic E-state index is 11.0. The first-order valence-corrected chi connectivity index (χ1v) is 4.12. The van der Waals surface area contributed by atoms with Crippen molar-refractivity contribution in [3.8, 4) is 0 Å². The molecule has 0 aliphatic carbocycles. The van der Waals surface area contributed by atoms with Crippen molar-refractivity contribution in [1.82, 2.24) is 0 Å². The highest BCUT2D eigenvalue weighted by atomic mass is 35.5. The van der Waals surface area contributed by atoms with Crippen molar-refractivity contribution in [1.29, 1.82) is 0 Å². The molecule has 1 unspecified atom stereocenters. The van der Waals surface area contributed by atoms with Gasteiger partial charge in [0.25, 0.3) is 0 Å². The lowest BCUT2D eigenvalue weighted by atomic mass is 10.1. The van der Waals surface area contributed by atoms with Crippen LogP contribution >= 0.6 is 11.6 Å². The van der Waals surface area contributed by atoms with Crippen molar-refractivity contribution in [2.24, 2.45) is 0 Å². The summed E-state index contributed by atoms with van der Waals surface area (Å²) < 4.78 is 0. The molecule has 0 heterocycles. The molecule has 0 aliphatic rings. The second-order valence-electron chi connectivity index (χ2n) is 2.56. The molecule has 0 saturated carbocycles. The number of aliphatic hydroxyl groups is 1. The van der Waals surface area contributed by atoms with Gasteiger partial charge in [-0.3, -0.25) is 4.79 Å². The normalized spacial score (nSPS) is 12.2. The van der Waals surface area contributed by atoms with Gasteiger partial charge in [-0.1, -0.05) is 30.3 Å². The Hall–Kier alpha value is -1.12. The minimum absolute atomic E-state index is 0.415. The fourth-order valence-corrected chi connectivity index (χ4v) is 1.05. The molecule has 0 bridgehead atoms. The second-order valence-corrected chi connectivity index (χ2v) is 3.00. The van der Waals surface area contributed by atoms with Gasteiger partial charge in [-0.2, -0.15) is 0 Å². The Morgan fingerprint density at radius 2 is 2.00 bits per heavy atom. The molecule has 1 N–H and O–H groups in total. The highest BCUT2D eigenvalue weighted by Crippen LogP contribution is 2.17. The van der Waals surface area contributed by atoms with Gasteiger partial charge in [0, 0.05) is 5.02 Å². The van der Waals surface area contributed by atoms with Gasteiger partial charge in [-0.25, -0.2) is 0 Å². The molecule has 1 rings (SSSR count). The molecule has 0 fully saturated rings. The van der Waals surface area contributed by atoms with Gasteiger partial charge in [-0.15, -0.1) is 0 Å². The van der Waals surface area contributed by atoms with E-state index in [-0.39, 0.29) is 0 Å². The zero-order valence-electron chi connectivity index (χ0n) is 6.90. The Labute approximate surface area is 81.5 Å². The Morgan fingerprint density at radius 1 is 1.46 bits per heavy atom. The largest absolute Gasteiger partial charge is 0.380 e. The second kappa shape index (κ2) is 4.21. The third kappa shape index (κ3) is 2.41. The number of benzene rings is 1. The summed E-state index contributed by atoms with van der Waals surface area (Å²) in [6.45, 7) is 3.29. The smallest absolute Gasteiger partial charge is 0.188 e. The van der Waals surface area contributed by atoms with Crippen LogP contribution < -0.4 is 0 Å². The lowest BCUT2D eigenvalue weighted by Gasteiger charge is -2.06. The van der Waals surface area contributed by atoms with Crippen LogP contribution in [0.1, 0.15) is 11.7 Å². The predicted octanol–water partition coefficient (Wildman–Crippen LogP) is 2.13. The molecule has 1 aromatic rings. The Balaban J connectivity index is 2.89. The number of hydrogen-bond donors (Lipinski definition) is 1. The van der Waals surface area contributed by atoms with Gasteiger partial charge in [0.1, 0.15) is 6.10 Å². The van der Waals surface area contributed by atoms with Crippen LogP contribution in [0.15, 0.2) is 36.9 Å². The van der Waals surface area contributed by atoms with Crippen molar-refractivity contribution in [2.45, 2.75) is 6.10 Å². The molecule has 13 heavy (non-hydrogen) atoms. The van der Waals surface area contributed by atoms with Gasteiger partial charge in [0.15, 0.2) is 5.78 Å². The summed E-state index contributed by atoms with van der Waals surface area (Å²) >= 11 is 5.64. The van der Waals surface area contributed by atoms with Gasteiger partial charge >= 0.3 is 0 Å². The number of halogens is 1. The molecule has 0 aromatic heterocycles. The van der Waals surface area contributed by atoms with E-state index in [0.717, 1.165) is 6.08 Å². The summed E-state index contributed by atoms with van der Waals surface area (Å²) in [6.07, 6.45) is -0.0333. The first kappa shape index (κ1) is 9.96. The van der Waals surface area contributed by atoms with Gasteiger partial charge in [0.05, 0.1) is 0 Å². The van der Waals surface area contributed by atoms with Gasteiger partial charge < -0.3 is 5.11 Å². The lowest BCUT2D eigenvalue weighted by Crippen LogP contribution is -2.08. The fraction of sp³-hybridized carbons (Fsp3) is 0.100. The van der Waals surface area contributed by atoms with Crippen molar-refractivity contribution in [2.75, 3.05) is 0 Å². The third-order valence-electron chi connectivity index (χ3n) is 1.66. The van der Waals surface area contributed by atoms with E-state index < -0.39 is 11.9 Å². The molecule has 0 aliphatic heterocycles. The van der Waals surface area contributed by atoms with E-state index in [0.29, 0.717) is 10.6 Å². The van der Waals surface area contributed by atoms with E-state index in [1.54, 1.807) is 24.3 Å². The van der Waals surface area contributed by atoms with Crippen LogP contribution in [0.5, 0.6) is 0 Å². The number of rotatable bonds is 3. The average Bonchev–Trinajstić information content (AvgIpc) is 2.17. The third-order valence-corrected chi connectivity index (χ3v) is 1.91. The van der Waals surface area contributed by atoms with E-state index in [1.165, 1.54) is 0 Å². The SMILES string of the molecule is C=CC(=O)C(O)c1ccc(Cl)cc1. The van der Waals surface area contributed by atoms with Crippen molar-refractivity contribution >= 4 is 17.4 Å². The van der Waals surface area contributed by atoms with Gasteiger partial charge in [-0.05, 0) is 23.8 Å². The Kier molecular flexibility index (Phi) is 3.23. The highest BCUT2D eigenvalue weighted by Gasteiger charge is 2.13. The van der Waals surface area contributed by atoms with Crippen LogP contribution in [-0.4, -0.2) is 10.9 Å². The van der Waals surface area contributed by atoms with Crippen molar-refractivity contribution in [3.05, 3.63) is 47.5 Å². The highest BCUT2D eigenvalue weighted by molar-refractivity contribution is 6.30. The number of ketones is 1. The van der Waals surface area contributed by atoms with Crippen LogP contribution in [0.3, 0.4) is 0 Å². The minimum atomic E-state index is -1.13. The molecule has 2 nitrogen and oxygen atoms in total. The molecule has 68 valence electrons. The van der Waals surface area contributed by atoms with Gasteiger partial charge in [0.2, 0.25) is 0 Å². The van der Waals surface area contributed by atoms with Crippen LogP contribution in [0, 0.1) is 0 Å². The Morgan fingerprint density at radius 3 is 2.46 bits per heavy atom. The number of aliphatic hydroxyl groups excluding tert-OH is 1. The van der Waals surface area contributed by atoms with E-state index in [4.69, 9.17) is 11.6 Å². The molecular formula is C10H9ClO2. The van der Waals surface area contributed by atoms with Crippen LogP contribution in [0.4, 0.5) is 0 Å². The monoisotopic (exact) mass is 196 g/mol. The maximum Gasteiger partial charge on any atom is 0.188 e. The summed E-state index contributed by atoms with van der Waals surface area (Å²) in [7, 11) is 0. The standard InChI is InChI=1S/C10H9ClO2/c1-2-9(12)10(13)7-3-5-8(11)6-4-7/h2-6,10,13H,1H2. The molecule has 0 radical (unpaired) electrons. The number of carbonyl (C=O) groups is 1. The summed E-state index contributed by atoms with van der Waals surface area (Å²) in [5, 5.41) is 9.99. The van der Waals surface area contributed by atoms with E-state index in [1.807, 2.05) is 0 Å². The zero-order valence-corrected chi connectivity index (χ0v) is 7.66. The molecule has 1 aromatic carbocycles. The summed E-state index contributed by atoms with van der Waals surface area (Å²) in [5.74, 6) is -0.415.